The second-order valence-corrected chi connectivity index (χ2v) is 5.04. The molecule has 3 rings (SSSR count). The molecule has 0 spiro atoms. The number of ether oxygens (including phenoxy) is 1. The highest BCUT2D eigenvalue weighted by atomic mass is 16.5. The summed E-state index contributed by atoms with van der Waals surface area (Å²) in [5.41, 5.74) is 3.12. The van der Waals surface area contributed by atoms with Gasteiger partial charge in [0.1, 0.15) is 12.1 Å². The molecule has 0 bridgehead atoms. The second kappa shape index (κ2) is 6.27. The van der Waals surface area contributed by atoms with Gasteiger partial charge >= 0.3 is 5.97 Å². The number of aromatic carboxylic acids is 1. The van der Waals surface area contributed by atoms with E-state index in [1.165, 1.54) is 24.0 Å². The van der Waals surface area contributed by atoms with Crippen LogP contribution in [0.1, 0.15) is 15.9 Å². The van der Waals surface area contributed by atoms with Crippen LogP contribution in [0.15, 0.2) is 60.9 Å². The number of hydrogen-bond acceptors (Lipinski definition) is 4. The Hall–Kier alpha value is -3.21. The number of rotatable bonds is 4. The molecule has 1 N–H and O–H groups in total. The molecule has 0 aliphatic heterocycles. The van der Waals surface area contributed by atoms with Crippen molar-refractivity contribution in [3.05, 3.63) is 72.1 Å². The van der Waals surface area contributed by atoms with Gasteiger partial charge in [0.05, 0.1) is 11.3 Å². The smallest absolute Gasteiger partial charge is 0.335 e. The molecular weight excluding hydrogens is 292 g/mol. The van der Waals surface area contributed by atoms with Gasteiger partial charge in [-0.15, -0.1) is 0 Å². The highest BCUT2D eigenvalue weighted by Gasteiger charge is 2.06. The summed E-state index contributed by atoms with van der Waals surface area (Å²) in [6.45, 7) is 2.03. The molecule has 0 atom stereocenters. The van der Waals surface area contributed by atoms with Crippen molar-refractivity contribution in [2.75, 3.05) is 0 Å². The number of carbonyl (C=O) groups is 1. The Morgan fingerprint density at radius 3 is 2.35 bits per heavy atom. The largest absolute Gasteiger partial charge is 0.478 e. The maximum atomic E-state index is 10.8. The summed E-state index contributed by atoms with van der Waals surface area (Å²) >= 11 is 0. The minimum absolute atomic E-state index is 0.209. The van der Waals surface area contributed by atoms with Gasteiger partial charge in [0, 0.05) is 11.6 Å². The van der Waals surface area contributed by atoms with Gasteiger partial charge in [-0.3, -0.25) is 0 Å². The Kier molecular flexibility index (Phi) is 4.01. The normalized spacial score (nSPS) is 10.3. The lowest BCUT2D eigenvalue weighted by Crippen LogP contribution is -1.96. The first-order chi connectivity index (χ1) is 11.1. The van der Waals surface area contributed by atoms with Crippen LogP contribution >= 0.6 is 0 Å². The molecule has 0 aliphatic carbocycles. The summed E-state index contributed by atoms with van der Waals surface area (Å²) in [4.78, 5) is 19.2. The molecule has 1 heterocycles. The van der Waals surface area contributed by atoms with Crippen LogP contribution in [0.4, 0.5) is 0 Å². The number of hydrogen-bond donors (Lipinski definition) is 1. The summed E-state index contributed by atoms with van der Waals surface area (Å²) in [6.07, 6.45) is 1.44. The van der Waals surface area contributed by atoms with Crippen molar-refractivity contribution >= 4 is 5.97 Å². The molecule has 0 saturated carbocycles. The number of nitrogens with zero attached hydrogens (tertiary/aromatic N) is 2. The zero-order valence-corrected chi connectivity index (χ0v) is 12.4. The third kappa shape index (κ3) is 3.52. The molecular formula is C18H14N2O3. The van der Waals surface area contributed by atoms with E-state index in [9.17, 15) is 4.79 Å². The van der Waals surface area contributed by atoms with E-state index in [0.717, 1.165) is 11.3 Å². The zero-order chi connectivity index (χ0) is 16.2. The second-order valence-electron chi connectivity index (χ2n) is 5.04. The summed E-state index contributed by atoms with van der Waals surface area (Å²) < 4.78 is 5.65. The quantitative estimate of drug-likeness (QED) is 0.790. The fourth-order valence-electron chi connectivity index (χ4n) is 2.06. The van der Waals surface area contributed by atoms with Gasteiger partial charge in [-0.1, -0.05) is 29.8 Å². The molecule has 0 unspecified atom stereocenters. The van der Waals surface area contributed by atoms with E-state index < -0.39 is 5.97 Å². The molecule has 0 aliphatic rings. The highest BCUT2D eigenvalue weighted by molar-refractivity contribution is 5.87. The zero-order valence-electron chi connectivity index (χ0n) is 12.4. The van der Waals surface area contributed by atoms with Gasteiger partial charge < -0.3 is 9.84 Å². The topological polar surface area (TPSA) is 72.3 Å². The van der Waals surface area contributed by atoms with Crippen LogP contribution in [-0.2, 0) is 0 Å². The Labute approximate surface area is 133 Å². The molecule has 114 valence electrons. The molecule has 0 amide bonds. The van der Waals surface area contributed by atoms with E-state index in [4.69, 9.17) is 9.84 Å². The maximum absolute atomic E-state index is 10.8. The van der Waals surface area contributed by atoms with Crippen molar-refractivity contribution in [1.82, 2.24) is 9.97 Å². The Morgan fingerprint density at radius 1 is 1.00 bits per heavy atom. The Bertz CT molecular complexity index is 828. The van der Waals surface area contributed by atoms with Crippen molar-refractivity contribution in [2.45, 2.75) is 6.92 Å². The van der Waals surface area contributed by atoms with Crippen molar-refractivity contribution in [2.24, 2.45) is 0 Å². The lowest BCUT2D eigenvalue weighted by molar-refractivity contribution is 0.0697. The Balaban J connectivity index is 1.82. The van der Waals surface area contributed by atoms with Crippen LogP contribution in [0.5, 0.6) is 11.6 Å². The van der Waals surface area contributed by atoms with Gasteiger partial charge in [-0.05, 0) is 31.2 Å². The van der Waals surface area contributed by atoms with Gasteiger partial charge in [0.25, 0.3) is 0 Å². The Morgan fingerprint density at radius 2 is 1.70 bits per heavy atom. The summed E-state index contributed by atoms with van der Waals surface area (Å²) in [6, 6.07) is 15.9. The number of carboxylic acids is 1. The van der Waals surface area contributed by atoms with Gasteiger partial charge in [-0.25, -0.2) is 14.8 Å². The fourth-order valence-corrected chi connectivity index (χ4v) is 2.06. The van der Waals surface area contributed by atoms with E-state index in [-0.39, 0.29) is 5.56 Å². The maximum Gasteiger partial charge on any atom is 0.335 e. The average Bonchev–Trinajstić information content (AvgIpc) is 2.56. The molecule has 23 heavy (non-hydrogen) atoms. The lowest BCUT2D eigenvalue weighted by atomic mass is 10.1. The predicted octanol–water partition coefficient (Wildman–Crippen LogP) is 3.94. The van der Waals surface area contributed by atoms with Gasteiger partial charge in [0.2, 0.25) is 5.88 Å². The predicted molar refractivity (Wildman–Crippen MR) is 85.7 cm³/mol. The third-order valence-electron chi connectivity index (χ3n) is 3.31. The van der Waals surface area contributed by atoms with Gasteiger partial charge in [-0.2, -0.15) is 0 Å². The van der Waals surface area contributed by atoms with E-state index in [0.29, 0.717) is 11.6 Å². The first kappa shape index (κ1) is 14.7. The van der Waals surface area contributed by atoms with Crippen LogP contribution in [-0.4, -0.2) is 21.0 Å². The van der Waals surface area contributed by atoms with Gasteiger partial charge in [0.15, 0.2) is 0 Å². The van der Waals surface area contributed by atoms with E-state index in [2.05, 4.69) is 9.97 Å². The van der Waals surface area contributed by atoms with E-state index >= 15 is 0 Å². The molecule has 1 aromatic heterocycles. The fraction of sp³-hybridized carbons (Fsp3) is 0.0556. The van der Waals surface area contributed by atoms with E-state index in [1.807, 2.05) is 31.2 Å². The number of aryl methyl sites for hydroxylation is 1. The lowest BCUT2D eigenvalue weighted by Gasteiger charge is -2.07. The molecule has 5 nitrogen and oxygen atoms in total. The van der Waals surface area contributed by atoms with Crippen molar-refractivity contribution in [3.63, 3.8) is 0 Å². The monoisotopic (exact) mass is 306 g/mol. The number of carboxylic acid groups (broad SMARTS) is 1. The molecule has 2 aromatic carbocycles. The molecule has 5 heteroatoms. The van der Waals surface area contributed by atoms with Crippen LogP contribution in [0, 0.1) is 6.92 Å². The summed E-state index contributed by atoms with van der Waals surface area (Å²) in [7, 11) is 0. The molecule has 3 aromatic rings. The summed E-state index contributed by atoms with van der Waals surface area (Å²) in [5.74, 6) is -0.0533. The van der Waals surface area contributed by atoms with Crippen molar-refractivity contribution < 1.29 is 14.6 Å². The first-order valence-corrected chi connectivity index (χ1v) is 7.02. The number of aromatic nitrogens is 2. The summed E-state index contributed by atoms with van der Waals surface area (Å²) in [5, 5.41) is 8.89. The minimum Gasteiger partial charge on any atom is -0.478 e. The molecule has 0 saturated heterocycles. The minimum atomic E-state index is -0.972. The SMILES string of the molecule is Cc1ccc(-c2cc(Oc3ccc(C(=O)O)cc3)ncn2)cc1. The molecule has 0 radical (unpaired) electrons. The van der Waals surface area contributed by atoms with Crippen LogP contribution < -0.4 is 4.74 Å². The van der Waals surface area contributed by atoms with Crippen LogP contribution in [0.3, 0.4) is 0 Å². The average molecular weight is 306 g/mol. The van der Waals surface area contributed by atoms with Crippen LogP contribution in [0.25, 0.3) is 11.3 Å². The van der Waals surface area contributed by atoms with E-state index in [1.54, 1.807) is 18.2 Å². The van der Waals surface area contributed by atoms with Crippen LogP contribution in [0.2, 0.25) is 0 Å². The van der Waals surface area contributed by atoms with Crippen molar-refractivity contribution in [3.8, 4) is 22.9 Å². The highest BCUT2D eigenvalue weighted by Crippen LogP contribution is 2.24. The first-order valence-electron chi connectivity index (χ1n) is 7.02. The molecule has 0 fully saturated rings. The standard InChI is InChI=1S/C18H14N2O3/c1-12-2-4-13(5-3-12)16-10-17(20-11-19-16)23-15-8-6-14(7-9-15)18(21)22/h2-11H,1H3,(H,21,22). The third-order valence-corrected chi connectivity index (χ3v) is 3.31. The van der Waals surface area contributed by atoms with Crippen molar-refractivity contribution in [1.29, 1.82) is 0 Å². The number of benzene rings is 2.